The zero-order chi connectivity index (χ0) is 9.26. The van der Waals surface area contributed by atoms with Gasteiger partial charge in [-0.3, -0.25) is 0 Å². The molecule has 13 heavy (non-hydrogen) atoms. The molecule has 1 unspecified atom stereocenters. The van der Waals surface area contributed by atoms with Crippen LogP contribution in [0.5, 0.6) is 0 Å². The smallest absolute Gasteiger partial charge is 0.355 e. The summed E-state index contributed by atoms with van der Waals surface area (Å²) in [5, 5.41) is 7.72. The van der Waals surface area contributed by atoms with Crippen LogP contribution in [-0.4, -0.2) is 33.2 Å². The normalized spacial score (nSPS) is 25.2. The average molecular weight is 180 g/mol. The summed E-state index contributed by atoms with van der Waals surface area (Å²) >= 11 is 0. The van der Waals surface area contributed by atoms with E-state index in [1.165, 1.54) is 17.4 Å². The van der Waals surface area contributed by atoms with Crippen molar-refractivity contribution in [3.63, 3.8) is 0 Å². The highest BCUT2D eigenvalue weighted by molar-refractivity contribution is 6.38. The predicted molar refractivity (Wildman–Crippen MR) is 43.0 cm³/mol. The lowest BCUT2D eigenvalue weighted by Gasteiger charge is -1.95. The second-order valence-electron chi connectivity index (χ2n) is 2.80. The van der Waals surface area contributed by atoms with Gasteiger partial charge in [0, 0.05) is 5.92 Å². The Morgan fingerprint density at radius 3 is 3.15 bits per heavy atom. The largest absolute Gasteiger partial charge is 0.460 e. The number of nitrogens with zero attached hydrogens (tertiary/aromatic N) is 4. The van der Waals surface area contributed by atoms with E-state index in [-0.39, 0.29) is 11.9 Å². The van der Waals surface area contributed by atoms with Crippen LogP contribution in [0.4, 0.5) is 0 Å². The van der Waals surface area contributed by atoms with Crippen LogP contribution in [0.2, 0.25) is 0 Å². The number of carbonyl (C=O) groups excluding carboxylic acids is 1. The predicted octanol–water partition coefficient (Wildman–Crippen LogP) is -0.325. The van der Waals surface area contributed by atoms with Gasteiger partial charge in [0.05, 0.1) is 0 Å². The minimum Gasteiger partial charge on any atom is -0.460 e. The highest BCUT2D eigenvalue weighted by Crippen LogP contribution is 2.10. The first-order chi connectivity index (χ1) is 6.27. The lowest BCUT2D eigenvalue weighted by Crippen LogP contribution is -2.14. The van der Waals surface area contributed by atoms with Crippen molar-refractivity contribution in [1.29, 1.82) is 0 Å². The van der Waals surface area contributed by atoms with E-state index in [2.05, 4.69) is 15.2 Å². The highest BCUT2D eigenvalue weighted by Gasteiger charge is 2.29. The van der Waals surface area contributed by atoms with Gasteiger partial charge < -0.3 is 4.74 Å². The van der Waals surface area contributed by atoms with Crippen LogP contribution in [0.25, 0.3) is 0 Å². The molecule has 6 nitrogen and oxygen atoms in total. The van der Waals surface area contributed by atoms with Crippen LogP contribution in [-0.2, 0) is 9.53 Å². The van der Waals surface area contributed by atoms with Crippen molar-refractivity contribution in [3.05, 3.63) is 12.7 Å². The van der Waals surface area contributed by atoms with Crippen molar-refractivity contribution in [1.82, 2.24) is 14.9 Å². The van der Waals surface area contributed by atoms with Crippen molar-refractivity contribution in [3.8, 4) is 0 Å². The SMILES string of the molecule is CC1COC(=O)/C1=N/n1cncn1. The Labute approximate surface area is 74.2 Å². The Kier molecular flexibility index (Phi) is 1.80. The maximum absolute atomic E-state index is 11.1. The van der Waals surface area contributed by atoms with Crippen molar-refractivity contribution >= 4 is 11.7 Å². The molecule has 1 fully saturated rings. The van der Waals surface area contributed by atoms with E-state index in [1.54, 1.807) is 0 Å². The third-order valence-electron chi connectivity index (χ3n) is 1.76. The van der Waals surface area contributed by atoms with E-state index in [1.807, 2.05) is 6.92 Å². The summed E-state index contributed by atoms with van der Waals surface area (Å²) in [4.78, 5) is 16.1. The van der Waals surface area contributed by atoms with Gasteiger partial charge in [-0.15, -0.1) is 15.0 Å². The number of rotatable bonds is 1. The molecule has 2 rings (SSSR count). The van der Waals surface area contributed by atoms with Gasteiger partial charge in [-0.1, -0.05) is 6.92 Å². The Morgan fingerprint density at radius 2 is 2.62 bits per heavy atom. The molecular formula is C7H8N4O2. The van der Waals surface area contributed by atoms with Crippen LogP contribution in [0.15, 0.2) is 17.8 Å². The summed E-state index contributed by atoms with van der Waals surface area (Å²) < 4.78 is 4.80. The molecular weight excluding hydrogens is 172 g/mol. The van der Waals surface area contributed by atoms with E-state index < -0.39 is 0 Å². The minimum atomic E-state index is -0.372. The van der Waals surface area contributed by atoms with E-state index in [0.717, 1.165) is 0 Å². The van der Waals surface area contributed by atoms with Crippen LogP contribution < -0.4 is 0 Å². The van der Waals surface area contributed by atoms with Crippen LogP contribution >= 0.6 is 0 Å². The third-order valence-corrected chi connectivity index (χ3v) is 1.76. The number of hydrogen-bond donors (Lipinski definition) is 0. The maximum Gasteiger partial charge on any atom is 0.355 e. The molecule has 0 aliphatic carbocycles. The molecule has 0 bridgehead atoms. The summed E-state index contributed by atoms with van der Waals surface area (Å²) in [5.41, 5.74) is 0.394. The van der Waals surface area contributed by atoms with Gasteiger partial charge in [-0.2, -0.15) is 0 Å². The lowest BCUT2D eigenvalue weighted by atomic mass is 10.1. The molecule has 1 aliphatic rings. The molecule has 1 aliphatic heterocycles. The molecule has 0 aromatic carbocycles. The molecule has 0 N–H and O–H groups in total. The molecule has 1 saturated heterocycles. The first-order valence-electron chi connectivity index (χ1n) is 3.88. The molecule has 6 heteroatoms. The Bertz CT molecular complexity index is 343. The van der Waals surface area contributed by atoms with Gasteiger partial charge >= 0.3 is 5.97 Å². The molecule has 1 atom stereocenters. The van der Waals surface area contributed by atoms with Gasteiger partial charge in [0.15, 0.2) is 5.71 Å². The summed E-state index contributed by atoms with van der Waals surface area (Å²) in [6.45, 7) is 2.27. The van der Waals surface area contributed by atoms with E-state index >= 15 is 0 Å². The number of carbonyl (C=O) groups is 1. The van der Waals surface area contributed by atoms with E-state index in [9.17, 15) is 4.79 Å². The van der Waals surface area contributed by atoms with Crippen molar-refractivity contribution in [2.24, 2.45) is 11.0 Å². The summed E-state index contributed by atoms with van der Waals surface area (Å²) in [6, 6.07) is 0. The number of cyclic esters (lactones) is 1. The molecule has 68 valence electrons. The molecule has 1 aromatic heterocycles. The number of aromatic nitrogens is 3. The monoisotopic (exact) mass is 180 g/mol. The first-order valence-corrected chi connectivity index (χ1v) is 3.88. The third kappa shape index (κ3) is 1.42. The Morgan fingerprint density at radius 1 is 1.77 bits per heavy atom. The molecule has 1 aromatic rings. The zero-order valence-corrected chi connectivity index (χ0v) is 7.04. The summed E-state index contributed by atoms with van der Waals surface area (Å²) in [6.07, 6.45) is 2.78. The van der Waals surface area contributed by atoms with E-state index in [0.29, 0.717) is 12.3 Å². The maximum atomic E-state index is 11.1. The molecule has 0 radical (unpaired) electrons. The van der Waals surface area contributed by atoms with Gasteiger partial charge in [0.25, 0.3) is 0 Å². The molecule has 2 heterocycles. The fourth-order valence-corrected chi connectivity index (χ4v) is 1.06. The number of hydrogen-bond acceptors (Lipinski definition) is 5. The topological polar surface area (TPSA) is 69.4 Å². The summed E-state index contributed by atoms with van der Waals surface area (Å²) in [7, 11) is 0. The molecule has 0 saturated carbocycles. The van der Waals surface area contributed by atoms with Crippen molar-refractivity contribution in [2.75, 3.05) is 6.61 Å². The Hall–Kier alpha value is -1.72. The number of ether oxygens (including phenoxy) is 1. The van der Waals surface area contributed by atoms with Gasteiger partial charge in [-0.25, -0.2) is 9.78 Å². The average Bonchev–Trinajstić information content (AvgIpc) is 2.70. The van der Waals surface area contributed by atoms with Gasteiger partial charge in [-0.05, 0) is 0 Å². The van der Waals surface area contributed by atoms with Crippen molar-refractivity contribution < 1.29 is 9.53 Å². The fraction of sp³-hybridized carbons (Fsp3) is 0.429. The molecule has 0 amide bonds. The standard InChI is InChI=1S/C7H8N4O2/c1-5-2-13-7(12)6(5)10-11-4-8-3-9-11/h3-5H,2H2,1H3/b10-6+. The first kappa shape index (κ1) is 7.90. The van der Waals surface area contributed by atoms with Crippen molar-refractivity contribution in [2.45, 2.75) is 6.92 Å². The molecule has 0 spiro atoms. The highest BCUT2D eigenvalue weighted by atomic mass is 16.5. The quantitative estimate of drug-likeness (QED) is 0.555. The second-order valence-corrected chi connectivity index (χ2v) is 2.80. The zero-order valence-electron chi connectivity index (χ0n) is 7.04. The fourth-order valence-electron chi connectivity index (χ4n) is 1.06. The lowest BCUT2D eigenvalue weighted by molar-refractivity contribution is -0.133. The van der Waals surface area contributed by atoms with Crippen LogP contribution in [0.1, 0.15) is 6.92 Å². The van der Waals surface area contributed by atoms with Gasteiger partial charge in [0.2, 0.25) is 0 Å². The Balaban J connectivity index is 2.29. The second kappa shape index (κ2) is 2.96. The van der Waals surface area contributed by atoms with E-state index in [4.69, 9.17) is 4.74 Å². The van der Waals surface area contributed by atoms with Crippen LogP contribution in [0.3, 0.4) is 0 Å². The van der Waals surface area contributed by atoms with Gasteiger partial charge in [0.1, 0.15) is 19.3 Å². The van der Waals surface area contributed by atoms with Crippen LogP contribution in [0, 0.1) is 5.92 Å². The summed E-state index contributed by atoms with van der Waals surface area (Å²) in [5.74, 6) is -0.348. The minimum absolute atomic E-state index is 0.0247. The number of esters is 1.